The average molecular weight is 384 g/mol. The van der Waals surface area contributed by atoms with E-state index in [2.05, 4.69) is 25.3 Å². The van der Waals surface area contributed by atoms with Crippen molar-refractivity contribution in [3.63, 3.8) is 0 Å². The van der Waals surface area contributed by atoms with E-state index in [1.54, 1.807) is 10.9 Å². The fourth-order valence-corrected chi connectivity index (χ4v) is 4.17. The van der Waals surface area contributed by atoms with Crippen molar-refractivity contribution in [3.8, 4) is 5.82 Å². The number of piperidine rings is 1. The lowest BCUT2D eigenvalue weighted by molar-refractivity contribution is -0.127. The number of hydrogen-bond acceptors (Lipinski definition) is 6. The second-order valence-electron chi connectivity index (χ2n) is 7.79. The summed E-state index contributed by atoms with van der Waals surface area (Å²) in [7, 11) is 0. The summed E-state index contributed by atoms with van der Waals surface area (Å²) in [6.45, 7) is 1.22. The number of aromatic nitrogens is 4. The Balaban J connectivity index is 1.43. The Bertz CT molecular complexity index is 773. The zero-order valence-corrected chi connectivity index (χ0v) is 16.1. The second kappa shape index (κ2) is 8.68. The Morgan fingerprint density at radius 1 is 1.11 bits per heavy atom. The molecular formula is C20H28N6O2. The van der Waals surface area contributed by atoms with E-state index >= 15 is 0 Å². The number of aliphatic hydroxyl groups is 1. The van der Waals surface area contributed by atoms with Crippen molar-refractivity contribution in [2.75, 3.05) is 18.0 Å². The Hall–Kier alpha value is -2.48. The van der Waals surface area contributed by atoms with Crippen LogP contribution in [0.3, 0.4) is 0 Å². The molecule has 8 nitrogen and oxygen atoms in total. The van der Waals surface area contributed by atoms with Crippen LogP contribution >= 0.6 is 0 Å². The summed E-state index contributed by atoms with van der Waals surface area (Å²) in [5.41, 5.74) is 0. The zero-order valence-electron chi connectivity index (χ0n) is 16.1. The van der Waals surface area contributed by atoms with Gasteiger partial charge in [-0.2, -0.15) is 5.10 Å². The molecule has 1 amide bonds. The number of nitrogens with one attached hydrogen (secondary N) is 1. The van der Waals surface area contributed by atoms with E-state index in [9.17, 15) is 9.90 Å². The standard InChI is InChI=1S/C20H28N6O2/c27-17-8-11-25(18-12-19(22-14-21-18)26-10-5-9-23-26)13-16(17)24-20(28)15-6-3-1-2-4-7-15/h5,9-10,12,14-17,27H,1-4,6-8,11,13H2,(H,24,28)/t16-,17-/m1/s1. The summed E-state index contributed by atoms with van der Waals surface area (Å²) in [5, 5.41) is 17.8. The zero-order chi connectivity index (χ0) is 19.3. The van der Waals surface area contributed by atoms with E-state index in [0.717, 1.165) is 31.5 Å². The van der Waals surface area contributed by atoms with Crippen LogP contribution in [0.4, 0.5) is 5.82 Å². The molecule has 2 N–H and O–H groups in total. The lowest BCUT2D eigenvalue weighted by Gasteiger charge is -2.37. The highest BCUT2D eigenvalue weighted by Gasteiger charge is 2.31. The van der Waals surface area contributed by atoms with Crippen molar-refractivity contribution >= 4 is 11.7 Å². The van der Waals surface area contributed by atoms with Crippen LogP contribution in [-0.4, -0.2) is 56.0 Å². The molecule has 1 aliphatic heterocycles. The van der Waals surface area contributed by atoms with Crippen LogP contribution < -0.4 is 10.2 Å². The first-order valence-electron chi connectivity index (χ1n) is 10.3. The number of hydrogen-bond donors (Lipinski definition) is 2. The first-order valence-corrected chi connectivity index (χ1v) is 10.3. The lowest BCUT2D eigenvalue weighted by Crippen LogP contribution is -2.56. The maximum atomic E-state index is 12.7. The molecule has 3 heterocycles. The maximum Gasteiger partial charge on any atom is 0.223 e. The quantitative estimate of drug-likeness (QED) is 0.779. The van der Waals surface area contributed by atoms with Crippen molar-refractivity contribution in [2.45, 2.75) is 57.1 Å². The monoisotopic (exact) mass is 384 g/mol. The molecule has 2 aliphatic rings. The molecule has 1 aliphatic carbocycles. The van der Waals surface area contributed by atoms with E-state index in [0.29, 0.717) is 25.3 Å². The molecule has 4 rings (SSSR count). The van der Waals surface area contributed by atoms with Gasteiger partial charge in [0.05, 0.1) is 12.1 Å². The maximum absolute atomic E-state index is 12.7. The molecule has 2 fully saturated rings. The van der Waals surface area contributed by atoms with E-state index in [4.69, 9.17) is 0 Å². The van der Waals surface area contributed by atoms with Crippen molar-refractivity contribution in [1.82, 2.24) is 25.1 Å². The predicted molar refractivity (Wildman–Crippen MR) is 105 cm³/mol. The Kier molecular flexibility index (Phi) is 5.85. The highest BCUT2D eigenvalue weighted by atomic mass is 16.3. The Labute approximate surface area is 165 Å². The molecule has 1 saturated heterocycles. The van der Waals surface area contributed by atoms with Gasteiger partial charge in [-0.3, -0.25) is 4.79 Å². The number of carbonyl (C=O) groups is 1. The van der Waals surface area contributed by atoms with Crippen LogP contribution in [0.5, 0.6) is 0 Å². The minimum Gasteiger partial charge on any atom is -0.391 e. The number of carbonyl (C=O) groups excluding carboxylic acids is 1. The Morgan fingerprint density at radius 3 is 2.64 bits per heavy atom. The smallest absolute Gasteiger partial charge is 0.223 e. The average Bonchev–Trinajstić information content (AvgIpc) is 3.12. The first-order chi connectivity index (χ1) is 13.7. The Morgan fingerprint density at radius 2 is 1.89 bits per heavy atom. The molecule has 0 spiro atoms. The summed E-state index contributed by atoms with van der Waals surface area (Å²) in [5.74, 6) is 1.64. The summed E-state index contributed by atoms with van der Waals surface area (Å²) >= 11 is 0. The van der Waals surface area contributed by atoms with Crippen molar-refractivity contribution in [2.24, 2.45) is 5.92 Å². The van der Waals surface area contributed by atoms with Gasteiger partial charge in [0.2, 0.25) is 5.91 Å². The molecule has 28 heavy (non-hydrogen) atoms. The number of rotatable bonds is 4. The predicted octanol–water partition coefficient (Wildman–Crippen LogP) is 1.69. The van der Waals surface area contributed by atoms with Crippen molar-refractivity contribution in [3.05, 3.63) is 30.9 Å². The summed E-state index contributed by atoms with van der Waals surface area (Å²) in [6.07, 6.45) is 11.7. The number of amides is 1. The molecule has 2 atom stereocenters. The van der Waals surface area contributed by atoms with Gasteiger partial charge in [0, 0.05) is 37.5 Å². The molecule has 0 unspecified atom stereocenters. The van der Waals surface area contributed by atoms with Gasteiger partial charge >= 0.3 is 0 Å². The van der Waals surface area contributed by atoms with Gasteiger partial charge in [0.1, 0.15) is 12.1 Å². The van der Waals surface area contributed by atoms with Gasteiger partial charge in [-0.25, -0.2) is 14.6 Å². The van der Waals surface area contributed by atoms with E-state index in [1.165, 1.54) is 19.2 Å². The fraction of sp³-hybridized carbons (Fsp3) is 0.600. The van der Waals surface area contributed by atoms with E-state index < -0.39 is 6.10 Å². The van der Waals surface area contributed by atoms with Crippen LogP contribution in [-0.2, 0) is 4.79 Å². The molecule has 2 aromatic rings. The minimum absolute atomic E-state index is 0.0792. The normalized spacial score (nSPS) is 24.0. The number of anilines is 1. The topological polar surface area (TPSA) is 96.2 Å². The third-order valence-electron chi connectivity index (χ3n) is 5.83. The van der Waals surface area contributed by atoms with Gasteiger partial charge in [-0.05, 0) is 25.3 Å². The second-order valence-corrected chi connectivity index (χ2v) is 7.79. The molecule has 1 saturated carbocycles. The lowest BCUT2D eigenvalue weighted by atomic mass is 9.97. The third kappa shape index (κ3) is 4.32. The molecule has 0 aromatic carbocycles. The highest BCUT2D eigenvalue weighted by Crippen LogP contribution is 2.24. The minimum atomic E-state index is -0.529. The van der Waals surface area contributed by atoms with Gasteiger partial charge in [-0.1, -0.05) is 25.7 Å². The molecule has 0 bridgehead atoms. The highest BCUT2D eigenvalue weighted by molar-refractivity contribution is 5.79. The van der Waals surface area contributed by atoms with Gasteiger partial charge in [-0.15, -0.1) is 0 Å². The fourth-order valence-electron chi connectivity index (χ4n) is 4.17. The first kappa shape index (κ1) is 18.9. The molecule has 2 aromatic heterocycles. The largest absolute Gasteiger partial charge is 0.391 e. The van der Waals surface area contributed by atoms with E-state index in [-0.39, 0.29) is 17.9 Å². The van der Waals surface area contributed by atoms with Crippen LogP contribution in [0.15, 0.2) is 30.9 Å². The summed E-state index contributed by atoms with van der Waals surface area (Å²) in [6, 6.07) is 3.44. The number of nitrogens with zero attached hydrogens (tertiary/aromatic N) is 5. The number of aliphatic hydroxyl groups excluding tert-OH is 1. The van der Waals surface area contributed by atoms with Crippen LogP contribution in [0.2, 0.25) is 0 Å². The molecule has 8 heteroatoms. The van der Waals surface area contributed by atoms with Gasteiger partial charge < -0.3 is 15.3 Å². The summed E-state index contributed by atoms with van der Waals surface area (Å²) in [4.78, 5) is 23.5. The van der Waals surface area contributed by atoms with Gasteiger partial charge in [0.25, 0.3) is 0 Å². The van der Waals surface area contributed by atoms with Crippen LogP contribution in [0.25, 0.3) is 5.82 Å². The molecule has 0 radical (unpaired) electrons. The third-order valence-corrected chi connectivity index (χ3v) is 5.83. The van der Waals surface area contributed by atoms with Crippen molar-refractivity contribution in [1.29, 1.82) is 0 Å². The van der Waals surface area contributed by atoms with Crippen molar-refractivity contribution < 1.29 is 9.90 Å². The van der Waals surface area contributed by atoms with E-state index in [1.807, 2.05) is 18.3 Å². The SMILES string of the molecule is O=C(N[C@@H]1CN(c2cc(-n3cccn3)ncn2)CC[C@H]1O)C1CCCCCC1. The van der Waals surface area contributed by atoms with Gasteiger partial charge in [0.15, 0.2) is 5.82 Å². The molecule has 150 valence electrons. The van der Waals surface area contributed by atoms with Crippen LogP contribution in [0, 0.1) is 5.92 Å². The summed E-state index contributed by atoms with van der Waals surface area (Å²) < 4.78 is 1.69. The van der Waals surface area contributed by atoms with Crippen LogP contribution in [0.1, 0.15) is 44.9 Å². The molecular weight excluding hydrogens is 356 g/mol.